The lowest BCUT2D eigenvalue weighted by Crippen LogP contribution is -2.23. The van der Waals surface area contributed by atoms with Crippen LogP contribution in [0.5, 0.6) is 0 Å². The first-order valence-corrected chi connectivity index (χ1v) is 12.2. The molecule has 0 bridgehead atoms. The predicted molar refractivity (Wildman–Crippen MR) is 135 cm³/mol. The summed E-state index contributed by atoms with van der Waals surface area (Å²) in [5.74, 6) is 0.260. The van der Waals surface area contributed by atoms with Gasteiger partial charge in [0.05, 0.1) is 0 Å². The monoisotopic (exact) mass is 420 g/mol. The number of nitrogens with zero attached hydrogens (tertiary/aromatic N) is 2. The molecule has 3 heteroatoms. The number of rotatable bonds is 9. The predicted octanol–water partition coefficient (Wildman–Crippen LogP) is 7.24. The lowest BCUT2D eigenvalue weighted by Gasteiger charge is -2.28. The van der Waals surface area contributed by atoms with E-state index in [2.05, 4.69) is 105 Å². The van der Waals surface area contributed by atoms with E-state index in [0.717, 1.165) is 26.2 Å². The van der Waals surface area contributed by atoms with Crippen LogP contribution in [0.2, 0.25) is 0 Å². The third-order valence-electron chi connectivity index (χ3n) is 6.23. The molecule has 0 atom stereocenters. The van der Waals surface area contributed by atoms with Crippen molar-refractivity contribution in [1.29, 1.82) is 0 Å². The Labute approximate surface area is 187 Å². The van der Waals surface area contributed by atoms with Crippen molar-refractivity contribution < 1.29 is 0 Å². The van der Waals surface area contributed by atoms with Crippen LogP contribution in [-0.2, 0) is 0 Å². The second-order valence-corrected chi connectivity index (χ2v) is 8.85. The van der Waals surface area contributed by atoms with Crippen molar-refractivity contribution >= 4 is 22.7 Å². The Morgan fingerprint density at radius 2 is 1.17 bits per heavy atom. The Balaban J connectivity index is 2.20. The van der Waals surface area contributed by atoms with Gasteiger partial charge in [-0.1, -0.05) is 18.2 Å². The molecule has 0 amide bonds. The average Bonchev–Trinajstić information content (AvgIpc) is 3.28. The van der Waals surface area contributed by atoms with Crippen LogP contribution in [0.15, 0.2) is 53.9 Å². The fourth-order valence-corrected chi connectivity index (χ4v) is 5.24. The fraction of sp³-hybridized carbons (Fsp3) is 0.407. The van der Waals surface area contributed by atoms with Crippen molar-refractivity contribution in [3.63, 3.8) is 0 Å². The zero-order valence-corrected chi connectivity index (χ0v) is 20.2. The first-order chi connectivity index (χ1) is 14.5. The summed E-state index contributed by atoms with van der Waals surface area (Å²) < 4.78 is 0. The van der Waals surface area contributed by atoms with Gasteiger partial charge in [0.1, 0.15) is 0 Å². The Hall–Kier alpha value is -2.26. The van der Waals surface area contributed by atoms with Crippen molar-refractivity contribution in [2.24, 2.45) is 0 Å². The van der Waals surface area contributed by atoms with E-state index in [1.54, 1.807) is 0 Å². The lowest BCUT2D eigenvalue weighted by atomic mass is 9.84. The van der Waals surface area contributed by atoms with Crippen molar-refractivity contribution in [1.82, 2.24) is 0 Å². The van der Waals surface area contributed by atoms with E-state index in [1.165, 1.54) is 38.5 Å². The zero-order chi connectivity index (χ0) is 21.7. The molecule has 0 unspecified atom stereocenters. The molecular weight excluding hydrogens is 384 g/mol. The van der Waals surface area contributed by atoms with Crippen LogP contribution in [0.4, 0.5) is 11.4 Å². The molecule has 0 aliphatic heterocycles. The molecule has 1 aromatic heterocycles. The summed E-state index contributed by atoms with van der Waals surface area (Å²) in [6, 6.07) is 18.5. The van der Waals surface area contributed by atoms with Crippen LogP contribution in [0, 0.1) is 13.8 Å². The number of hydrogen-bond donors (Lipinski definition) is 0. The largest absolute Gasteiger partial charge is 0.372 e. The molecule has 0 spiro atoms. The quantitative estimate of drug-likeness (QED) is 0.360. The SMILES string of the molecule is CCN(CC)c1ccc(C)c(C(c2cccs2)c2cc(N(CC)CC)ccc2C)c1. The normalized spacial score (nSPS) is 11.2. The summed E-state index contributed by atoms with van der Waals surface area (Å²) in [6.45, 7) is 17.6. The van der Waals surface area contributed by atoms with Gasteiger partial charge in [-0.05, 0) is 99.5 Å². The lowest BCUT2D eigenvalue weighted by molar-refractivity contribution is 0.856. The van der Waals surface area contributed by atoms with Crippen LogP contribution >= 0.6 is 11.3 Å². The highest BCUT2D eigenvalue weighted by molar-refractivity contribution is 7.10. The van der Waals surface area contributed by atoms with Crippen molar-refractivity contribution in [2.45, 2.75) is 47.5 Å². The molecule has 0 aliphatic carbocycles. The van der Waals surface area contributed by atoms with Gasteiger partial charge in [-0.15, -0.1) is 11.3 Å². The maximum Gasteiger partial charge on any atom is 0.0440 e. The molecular formula is C27H36N2S. The second-order valence-electron chi connectivity index (χ2n) is 7.87. The summed E-state index contributed by atoms with van der Waals surface area (Å²) in [4.78, 5) is 6.29. The smallest absolute Gasteiger partial charge is 0.0440 e. The van der Waals surface area contributed by atoms with Gasteiger partial charge in [0.25, 0.3) is 0 Å². The Bertz CT molecular complexity index is 876. The van der Waals surface area contributed by atoms with Crippen molar-refractivity contribution in [3.8, 4) is 0 Å². The summed E-state index contributed by atoms with van der Waals surface area (Å²) in [6.07, 6.45) is 0. The summed E-state index contributed by atoms with van der Waals surface area (Å²) >= 11 is 1.86. The Morgan fingerprint density at radius 3 is 1.53 bits per heavy atom. The van der Waals surface area contributed by atoms with E-state index in [0.29, 0.717) is 0 Å². The second kappa shape index (κ2) is 10.2. The molecule has 2 aromatic carbocycles. The van der Waals surface area contributed by atoms with Crippen LogP contribution < -0.4 is 9.80 Å². The maximum atomic E-state index is 2.44. The van der Waals surface area contributed by atoms with E-state index in [4.69, 9.17) is 0 Å². The third kappa shape index (κ3) is 4.57. The first-order valence-electron chi connectivity index (χ1n) is 11.3. The minimum atomic E-state index is 0.260. The summed E-state index contributed by atoms with van der Waals surface area (Å²) in [7, 11) is 0. The van der Waals surface area contributed by atoms with Crippen molar-refractivity contribution in [3.05, 3.63) is 81.0 Å². The highest BCUT2D eigenvalue weighted by Crippen LogP contribution is 2.40. The molecule has 0 N–H and O–H groups in total. The molecule has 3 rings (SSSR count). The highest BCUT2D eigenvalue weighted by Gasteiger charge is 2.23. The van der Waals surface area contributed by atoms with E-state index >= 15 is 0 Å². The van der Waals surface area contributed by atoms with Gasteiger partial charge in [-0.2, -0.15) is 0 Å². The standard InChI is InChI=1S/C27H36N2S/c1-7-28(8-2)22-15-13-20(5)24(18-22)27(26-12-11-17-30-26)25-19-23(16-14-21(25)6)29(9-3)10-4/h11-19,27H,7-10H2,1-6H3. The van der Waals surface area contributed by atoms with E-state index < -0.39 is 0 Å². The van der Waals surface area contributed by atoms with E-state index in [1.807, 2.05) is 11.3 Å². The van der Waals surface area contributed by atoms with Crippen LogP contribution in [0.1, 0.15) is 60.7 Å². The number of thiophene rings is 1. The average molecular weight is 421 g/mol. The van der Waals surface area contributed by atoms with Gasteiger partial charge in [0.15, 0.2) is 0 Å². The van der Waals surface area contributed by atoms with Crippen LogP contribution in [-0.4, -0.2) is 26.2 Å². The van der Waals surface area contributed by atoms with Gasteiger partial charge in [0, 0.05) is 48.3 Å². The van der Waals surface area contributed by atoms with Gasteiger partial charge < -0.3 is 9.80 Å². The molecule has 1 heterocycles. The van der Waals surface area contributed by atoms with Crippen molar-refractivity contribution in [2.75, 3.05) is 36.0 Å². The molecule has 2 nitrogen and oxygen atoms in total. The molecule has 0 saturated heterocycles. The minimum Gasteiger partial charge on any atom is -0.372 e. The number of aryl methyl sites for hydroxylation is 2. The van der Waals surface area contributed by atoms with Gasteiger partial charge in [0.2, 0.25) is 0 Å². The fourth-order valence-electron chi connectivity index (χ4n) is 4.38. The molecule has 0 saturated carbocycles. The zero-order valence-electron chi connectivity index (χ0n) is 19.4. The maximum absolute atomic E-state index is 2.44. The molecule has 0 aliphatic rings. The van der Waals surface area contributed by atoms with Gasteiger partial charge in [-0.25, -0.2) is 0 Å². The number of benzene rings is 2. The first kappa shape index (κ1) is 22.4. The molecule has 0 radical (unpaired) electrons. The topological polar surface area (TPSA) is 6.48 Å². The van der Waals surface area contributed by atoms with Gasteiger partial charge in [-0.3, -0.25) is 0 Å². The molecule has 160 valence electrons. The highest BCUT2D eigenvalue weighted by atomic mass is 32.1. The third-order valence-corrected chi connectivity index (χ3v) is 7.17. The van der Waals surface area contributed by atoms with E-state index in [-0.39, 0.29) is 5.92 Å². The number of anilines is 2. The Morgan fingerprint density at radius 1 is 0.700 bits per heavy atom. The van der Waals surface area contributed by atoms with E-state index in [9.17, 15) is 0 Å². The van der Waals surface area contributed by atoms with Gasteiger partial charge >= 0.3 is 0 Å². The minimum absolute atomic E-state index is 0.260. The summed E-state index contributed by atoms with van der Waals surface area (Å²) in [5.41, 5.74) is 8.19. The van der Waals surface area contributed by atoms with Crippen LogP contribution in [0.3, 0.4) is 0 Å². The molecule has 3 aromatic rings. The molecule has 0 fully saturated rings. The van der Waals surface area contributed by atoms with Crippen LogP contribution in [0.25, 0.3) is 0 Å². The number of hydrogen-bond acceptors (Lipinski definition) is 3. The summed E-state index contributed by atoms with van der Waals surface area (Å²) in [5, 5.41) is 2.20. The Kier molecular flexibility index (Phi) is 7.60. The molecule has 30 heavy (non-hydrogen) atoms.